The molecule has 2 aliphatic rings. The second-order valence-corrected chi connectivity index (χ2v) is 6.25. The van der Waals surface area contributed by atoms with Crippen LogP contribution in [0.25, 0.3) is 0 Å². The highest BCUT2D eigenvalue weighted by atomic mass is 32.2. The van der Waals surface area contributed by atoms with Gasteiger partial charge in [-0.25, -0.2) is 0 Å². The van der Waals surface area contributed by atoms with Crippen LogP contribution in [0.4, 0.5) is 0 Å². The van der Waals surface area contributed by atoms with Crippen LogP contribution in [0.2, 0.25) is 0 Å². The fraction of sp³-hybridized carbons (Fsp3) is 0.571. The standard InChI is InChI=1S/C14H19N3O3S/c18-13(11-9-21-10-15-11)16-4-2-5-17(7-6-16)14(19)12-3-1-8-20-12/h1,3,8,11,15H,2,4-7,9-10H2. The van der Waals surface area contributed by atoms with Gasteiger partial charge in [0, 0.05) is 37.8 Å². The number of thioether (sulfide) groups is 1. The molecule has 2 aliphatic heterocycles. The monoisotopic (exact) mass is 309 g/mol. The zero-order valence-electron chi connectivity index (χ0n) is 11.8. The minimum absolute atomic E-state index is 0.0673. The smallest absolute Gasteiger partial charge is 0.289 e. The molecule has 0 spiro atoms. The number of amides is 2. The third kappa shape index (κ3) is 3.24. The van der Waals surface area contributed by atoms with Crippen molar-refractivity contribution in [2.24, 2.45) is 0 Å². The van der Waals surface area contributed by atoms with E-state index in [0.717, 1.165) is 18.1 Å². The van der Waals surface area contributed by atoms with E-state index in [1.807, 2.05) is 4.90 Å². The molecule has 1 aromatic heterocycles. The quantitative estimate of drug-likeness (QED) is 0.867. The normalized spacial score (nSPS) is 23.1. The number of nitrogens with one attached hydrogen (secondary N) is 1. The van der Waals surface area contributed by atoms with Crippen LogP contribution in [0.5, 0.6) is 0 Å². The number of nitrogens with zero attached hydrogens (tertiary/aromatic N) is 2. The minimum Gasteiger partial charge on any atom is -0.459 e. The summed E-state index contributed by atoms with van der Waals surface area (Å²) in [6.45, 7) is 2.53. The molecule has 0 aliphatic carbocycles. The average molecular weight is 309 g/mol. The Morgan fingerprint density at radius 1 is 1.24 bits per heavy atom. The Balaban J connectivity index is 1.59. The van der Waals surface area contributed by atoms with E-state index in [4.69, 9.17) is 4.42 Å². The van der Waals surface area contributed by atoms with E-state index >= 15 is 0 Å². The molecule has 3 heterocycles. The van der Waals surface area contributed by atoms with Crippen LogP contribution in [-0.2, 0) is 4.79 Å². The maximum Gasteiger partial charge on any atom is 0.289 e. The van der Waals surface area contributed by atoms with Gasteiger partial charge in [-0.3, -0.25) is 14.9 Å². The topological polar surface area (TPSA) is 65.8 Å². The van der Waals surface area contributed by atoms with Gasteiger partial charge in [0.1, 0.15) is 0 Å². The highest BCUT2D eigenvalue weighted by Crippen LogP contribution is 2.14. The molecule has 114 valence electrons. The molecule has 21 heavy (non-hydrogen) atoms. The Bertz CT molecular complexity index is 500. The second-order valence-electron chi connectivity index (χ2n) is 5.22. The molecule has 0 radical (unpaired) electrons. The van der Waals surface area contributed by atoms with Gasteiger partial charge in [-0.05, 0) is 18.6 Å². The minimum atomic E-state index is -0.0937. The molecule has 2 fully saturated rings. The molecule has 2 saturated heterocycles. The average Bonchev–Trinajstić information content (AvgIpc) is 3.15. The van der Waals surface area contributed by atoms with E-state index in [0.29, 0.717) is 31.9 Å². The highest BCUT2D eigenvalue weighted by Gasteiger charge is 2.29. The number of carbonyl (C=O) groups excluding carboxylic acids is 2. The first-order valence-electron chi connectivity index (χ1n) is 7.18. The molecular formula is C14H19N3O3S. The largest absolute Gasteiger partial charge is 0.459 e. The summed E-state index contributed by atoms with van der Waals surface area (Å²) in [5.41, 5.74) is 0. The Kier molecular flexibility index (Phi) is 4.50. The molecule has 1 unspecified atom stereocenters. The van der Waals surface area contributed by atoms with Crippen LogP contribution in [-0.4, -0.2) is 65.5 Å². The van der Waals surface area contributed by atoms with Crippen molar-refractivity contribution in [2.75, 3.05) is 37.8 Å². The van der Waals surface area contributed by atoms with Gasteiger partial charge in [0.15, 0.2) is 5.76 Å². The van der Waals surface area contributed by atoms with E-state index in [2.05, 4.69) is 5.32 Å². The number of carbonyl (C=O) groups is 2. The van der Waals surface area contributed by atoms with Crippen LogP contribution in [0.15, 0.2) is 22.8 Å². The van der Waals surface area contributed by atoms with E-state index in [1.165, 1.54) is 6.26 Å². The van der Waals surface area contributed by atoms with Crippen LogP contribution in [0.1, 0.15) is 17.0 Å². The number of hydrogen-bond donors (Lipinski definition) is 1. The summed E-state index contributed by atoms with van der Waals surface area (Å²) in [6.07, 6.45) is 2.31. The summed E-state index contributed by atoms with van der Waals surface area (Å²) >= 11 is 1.75. The predicted molar refractivity (Wildman–Crippen MR) is 80.1 cm³/mol. The summed E-state index contributed by atoms with van der Waals surface area (Å²) < 4.78 is 5.16. The molecule has 2 amide bonds. The fourth-order valence-corrected chi connectivity index (χ4v) is 3.60. The lowest BCUT2D eigenvalue weighted by molar-refractivity contribution is -0.132. The van der Waals surface area contributed by atoms with Crippen molar-refractivity contribution in [3.05, 3.63) is 24.2 Å². The van der Waals surface area contributed by atoms with Crippen molar-refractivity contribution in [1.29, 1.82) is 0 Å². The van der Waals surface area contributed by atoms with Gasteiger partial charge in [0.25, 0.3) is 5.91 Å². The van der Waals surface area contributed by atoms with Gasteiger partial charge in [0.05, 0.1) is 12.3 Å². The molecule has 0 bridgehead atoms. The third-order valence-corrected chi connectivity index (χ3v) is 4.78. The summed E-state index contributed by atoms with van der Waals surface area (Å²) in [5, 5.41) is 3.21. The fourth-order valence-electron chi connectivity index (χ4n) is 2.67. The maximum atomic E-state index is 12.4. The van der Waals surface area contributed by atoms with E-state index in [-0.39, 0.29) is 17.9 Å². The SMILES string of the molecule is O=C(c1ccco1)N1CCCN(C(=O)C2CSCN2)CC1. The molecule has 6 nitrogen and oxygen atoms in total. The number of furan rings is 1. The van der Waals surface area contributed by atoms with Crippen LogP contribution < -0.4 is 5.32 Å². The van der Waals surface area contributed by atoms with Gasteiger partial charge in [-0.1, -0.05) is 0 Å². The molecule has 1 aromatic rings. The molecule has 7 heteroatoms. The first-order chi connectivity index (χ1) is 10.3. The van der Waals surface area contributed by atoms with E-state index in [9.17, 15) is 9.59 Å². The molecule has 1 N–H and O–H groups in total. The van der Waals surface area contributed by atoms with Gasteiger partial charge < -0.3 is 14.2 Å². The van der Waals surface area contributed by atoms with Gasteiger partial charge in [0.2, 0.25) is 5.91 Å². The van der Waals surface area contributed by atoms with Crippen molar-refractivity contribution in [3.63, 3.8) is 0 Å². The second kappa shape index (κ2) is 6.53. The van der Waals surface area contributed by atoms with Gasteiger partial charge >= 0.3 is 0 Å². The molecule has 0 saturated carbocycles. The highest BCUT2D eigenvalue weighted by molar-refractivity contribution is 7.99. The molecule has 3 rings (SSSR count). The number of hydrogen-bond acceptors (Lipinski definition) is 5. The van der Waals surface area contributed by atoms with Crippen molar-refractivity contribution in [3.8, 4) is 0 Å². The Morgan fingerprint density at radius 2 is 2.05 bits per heavy atom. The lowest BCUT2D eigenvalue weighted by Gasteiger charge is -2.24. The maximum absolute atomic E-state index is 12.4. The summed E-state index contributed by atoms with van der Waals surface area (Å²) in [4.78, 5) is 28.3. The summed E-state index contributed by atoms with van der Waals surface area (Å²) in [6, 6.07) is 3.32. The van der Waals surface area contributed by atoms with Crippen LogP contribution in [0.3, 0.4) is 0 Å². The number of rotatable bonds is 2. The Hall–Kier alpha value is -1.47. The first kappa shape index (κ1) is 14.5. The summed E-state index contributed by atoms with van der Waals surface area (Å²) in [7, 11) is 0. The zero-order chi connectivity index (χ0) is 14.7. The Morgan fingerprint density at radius 3 is 2.76 bits per heavy atom. The Labute approximate surface area is 127 Å². The van der Waals surface area contributed by atoms with Crippen molar-refractivity contribution < 1.29 is 14.0 Å². The van der Waals surface area contributed by atoms with Crippen LogP contribution in [0, 0.1) is 0 Å². The predicted octanol–water partition coefficient (Wildman–Crippen LogP) is 0.617. The zero-order valence-corrected chi connectivity index (χ0v) is 12.6. The lowest BCUT2D eigenvalue weighted by Crippen LogP contribution is -2.46. The first-order valence-corrected chi connectivity index (χ1v) is 8.34. The van der Waals surface area contributed by atoms with Crippen molar-refractivity contribution in [1.82, 2.24) is 15.1 Å². The third-order valence-electron chi connectivity index (χ3n) is 3.84. The van der Waals surface area contributed by atoms with Crippen molar-refractivity contribution in [2.45, 2.75) is 12.5 Å². The molecule has 0 aromatic carbocycles. The van der Waals surface area contributed by atoms with Gasteiger partial charge in [-0.2, -0.15) is 0 Å². The van der Waals surface area contributed by atoms with E-state index in [1.54, 1.807) is 28.8 Å². The van der Waals surface area contributed by atoms with Crippen LogP contribution >= 0.6 is 11.8 Å². The lowest BCUT2D eigenvalue weighted by atomic mass is 10.2. The molecular weight excluding hydrogens is 290 g/mol. The summed E-state index contributed by atoms with van der Waals surface area (Å²) in [5.74, 6) is 2.11. The van der Waals surface area contributed by atoms with E-state index < -0.39 is 0 Å². The van der Waals surface area contributed by atoms with Crippen molar-refractivity contribution >= 4 is 23.6 Å². The molecule has 1 atom stereocenters. The van der Waals surface area contributed by atoms with Gasteiger partial charge in [-0.15, -0.1) is 11.8 Å².